The van der Waals surface area contributed by atoms with E-state index in [1.165, 1.54) is 17.2 Å². The summed E-state index contributed by atoms with van der Waals surface area (Å²) in [6.07, 6.45) is 0.808. The number of carboxylic acid groups (broad SMARTS) is 1. The van der Waals surface area contributed by atoms with Crippen LogP contribution in [0.2, 0.25) is 0 Å². The van der Waals surface area contributed by atoms with Gasteiger partial charge in [-0.1, -0.05) is 5.16 Å². The number of carbonyl (C=O) groups excluding carboxylic acids is 1. The van der Waals surface area contributed by atoms with Gasteiger partial charge in [-0.25, -0.2) is 8.42 Å². The molecule has 1 atom stereocenters. The van der Waals surface area contributed by atoms with E-state index in [9.17, 15) is 18.0 Å². The lowest BCUT2D eigenvalue weighted by molar-refractivity contribution is -0.138. The maximum atomic E-state index is 12.1. The Bertz CT molecular complexity index is 579. The Morgan fingerprint density at radius 2 is 2.26 bits per heavy atom. The number of hydrogen-bond donors (Lipinski definition) is 1. The molecule has 1 unspecified atom stereocenters. The first kappa shape index (κ1) is 13.5. The molecule has 0 aliphatic carbocycles. The minimum atomic E-state index is -3.31. The molecule has 1 aromatic rings. The van der Waals surface area contributed by atoms with Crippen LogP contribution in [0.25, 0.3) is 0 Å². The Morgan fingerprint density at radius 3 is 2.84 bits per heavy atom. The van der Waals surface area contributed by atoms with Gasteiger partial charge in [-0.05, 0) is 0 Å². The summed E-state index contributed by atoms with van der Waals surface area (Å²) in [5.41, 5.74) is 0.0367. The summed E-state index contributed by atoms with van der Waals surface area (Å²) in [5.74, 6) is -2.19. The Hall–Kier alpha value is -1.90. The third-order valence-electron chi connectivity index (χ3n) is 2.86. The van der Waals surface area contributed by atoms with E-state index in [1.54, 1.807) is 0 Å². The van der Waals surface area contributed by atoms with Crippen molar-refractivity contribution in [3.63, 3.8) is 0 Å². The Labute approximate surface area is 108 Å². The van der Waals surface area contributed by atoms with Crippen LogP contribution in [-0.2, 0) is 14.6 Å². The third kappa shape index (κ3) is 3.11. The van der Waals surface area contributed by atoms with Crippen molar-refractivity contribution >= 4 is 21.7 Å². The summed E-state index contributed by atoms with van der Waals surface area (Å²) in [4.78, 5) is 24.1. The lowest BCUT2D eigenvalue weighted by Crippen LogP contribution is -2.52. The molecule has 1 amide bonds. The standard InChI is InChI=1S/C10H12N2O6S/c13-9(14)5-7-6-19(16,17)4-2-12(7)10(15)8-1-3-18-11-8/h1,3,7H,2,4-6H2,(H,13,14). The molecule has 0 spiro atoms. The average molecular weight is 288 g/mol. The topological polar surface area (TPSA) is 118 Å². The van der Waals surface area contributed by atoms with Crippen LogP contribution in [0.3, 0.4) is 0 Å². The van der Waals surface area contributed by atoms with E-state index >= 15 is 0 Å². The summed E-state index contributed by atoms with van der Waals surface area (Å²) in [6.45, 7) is -0.0357. The van der Waals surface area contributed by atoms with Gasteiger partial charge in [0.15, 0.2) is 15.5 Å². The fourth-order valence-corrected chi connectivity index (χ4v) is 3.52. The van der Waals surface area contributed by atoms with Crippen LogP contribution in [0.15, 0.2) is 16.9 Å². The highest BCUT2D eigenvalue weighted by molar-refractivity contribution is 7.91. The van der Waals surface area contributed by atoms with E-state index in [2.05, 4.69) is 9.68 Å². The fraction of sp³-hybridized carbons (Fsp3) is 0.500. The van der Waals surface area contributed by atoms with Crippen molar-refractivity contribution in [1.29, 1.82) is 0 Å². The monoisotopic (exact) mass is 288 g/mol. The van der Waals surface area contributed by atoms with Gasteiger partial charge in [-0.2, -0.15) is 0 Å². The molecule has 0 aromatic carbocycles. The van der Waals surface area contributed by atoms with Crippen molar-refractivity contribution in [3.05, 3.63) is 18.0 Å². The number of amides is 1. The number of nitrogens with zero attached hydrogens (tertiary/aromatic N) is 2. The molecule has 1 fully saturated rings. The zero-order valence-corrected chi connectivity index (χ0v) is 10.7. The predicted octanol–water partition coefficient (Wildman–Crippen LogP) is -0.611. The van der Waals surface area contributed by atoms with Crippen LogP contribution in [0.1, 0.15) is 16.9 Å². The van der Waals surface area contributed by atoms with Gasteiger partial charge in [0, 0.05) is 12.6 Å². The largest absolute Gasteiger partial charge is 0.481 e. The first-order valence-corrected chi connectivity index (χ1v) is 7.35. The molecule has 0 radical (unpaired) electrons. The van der Waals surface area contributed by atoms with E-state index in [-0.39, 0.29) is 23.7 Å². The zero-order valence-electron chi connectivity index (χ0n) is 9.85. The quantitative estimate of drug-likeness (QED) is 0.788. The Balaban J connectivity index is 2.22. The van der Waals surface area contributed by atoms with Gasteiger partial charge >= 0.3 is 5.97 Å². The minimum absolute atomic E-state index is 0.0357. The van der Waals surface area contributed by atoms with E-state index in [4.69, 9.17) is 5.11 Å². The van der Waals surface area contributed by atoms with Gasteiger partial charge in [0.1, 0.15) is 6.26 Å². The maximum Gasteiger partial charge on any atom is 0.305 e. The minimum Gasteiger partial charge on any atom is -0.481 e. The lowest BCUT2D eigenvalue weighted by Gasteiger charge is -2.34. The third-order valence-corrected chi connectivity index (χ3v) is 4.56. The molecule has 0 bridgehead atoms. The highest BCUT2D eigenvalue weighted by Gasteiger charge is 2.36. The van der Waals surface area contributed by atoms with Crippen LogP contribution in [0, 0.1) is 0 Å². The summed E-state index contributed by atoms with van der Waals surface area (Å²) in [5, 5.41) is 12.3. The average Bonchev–Trinajstić information content (AvgIpc) is 2.79. The van der Waals surface area contributed by atoms with Crippen LogP contribution < -0.4 is 0 Å². The fourth-order valence-electron chi connectivity index (χ4n) is 1.99. The molecule has 19 heavy (non-hydrogen) atoms. The summed E-state index contributed by atoms with van der Waals surface area (Å²) in [6, 6.07) is 0.476. The van der Waals surface area contributed by atoms with Gasteiger partial charge in [-0.3, -0.25) is 9.59 Å². The van der Waals surface area contributed by atoms with Crippen molar-refractivity contribution in [2.24, 2.45) is 0 Å². The normalized spacial score (nSPS) is 22.1. The van der Waals surface area contributed by atoms with Crippen LogP contribution >= 0.6 is 0 Å². The number of aromatic nitrogens is 1. The Kier molecular flexibility index (Phi) is 3.56. The second kappa shape index (κ2) is 5.00. The number of hydrogen-bond acceptors (Lipinski definition) is 6. The van der Waals surface area contributed by atoms with Gasteiger partial charge in [0.05, 0.1) is 24.0 Å². The van der Waals surface area contributed by atoms with Crippen LogP contribution in [0.5, 0.6) is 0 Å². The smallest absolute Gasteiger partial charge is 0.305 e. The van der Waals surface area contributed by atoms with E-state index in [1.807, 2.05) is 0 Å². The van der Waals surface area contributed by atoms with Gasteiger partial charge in [0.2, 0.25) is 0 Å². The molecule has 1 aliphatic heterocycles. The molecule has 2 rings (SSSR count). The molecule has 1 N–H and O–H groups in total. The first-order valence-electron chi connectivity index (χ1n) is 5.52. The summed E-state index contributed by atoms with van der Waals surface area (Å²) >= 11 is 0. The highest BCUT2D eigenvalue weighted by Crippen LogP contribution is 2.17. The van der Waals surface area contributed by atoms with Crippen molar-refractivity contribution in [2.45, 2.75) is 12.5 Å². The zero-order chi connectivity index (χ0) is 14.0. The number of carbonyl (C=O) groups is 2. The van der Waals surface area contributed by atoms with E-state index in [0.29, 0.717) is 0 Å². The SMILES string of the molecule is O=C(O)CC1CS(=O)(=O)CCN1C(=O)c1ccon1. The lowest BCUT2D eigenvalue weighted by atomic mass is 10.2. The van der Waals surface area contributed by atoms with Gasteiger partial charge in [-0.15, -0.1) is 0 Å². The van der Waals surface area contributed by atoms with Crippen LogP contribution in [-0.4, -0.2) is 59.5 Å². The van der Waals surface area contributed by atoms with Gasteiger partial charge in [0.25, 0.3) is 5.91 Å². The summed E-state index contributed by atoms with van der Waals surface area (Å²) in [7, 11) is -3.31. The number of rotatable bonds is 3. The molecule has 1 aliphatic rings. The van der Waals surface area contributed by atoms with E-state index < -0.39 is 34.2 Å². The van der Waals surface area contributed by atoms with Crippen molar-refractivity contribution < 1.29 is 27.6 Å². The highest BCUT2D eigenvalue weighted by atomic mass is 32.2. The second-order valence-corrected chi connectivity index (χ2v) is 6.48. The summed E-state index contributed by atoms with van der Waals surface area (Å²) < 4.78 is 27.6. The molecular formula is C10H12N2O6S. The molecule has 2 heterocycles. The predicted molar refractivity (Wildman–Crippen MR) is 62.2 cm³/mol. The van der Waals surface area contributed by atoms with Crippen LogP contribution in [0.4, 0.5) is 0 Å². The van der Waals surface area contributed by atoms with Crippen molar-refractivity contribution in [1.82, 2.24) is 10.1 Å². The molecule has 104 valence electrons. The molecule has 0 saturated carbocycles. The maximum absolute atomic E-state index is 12.1. The second-order valence-electron chi connectivity index (χ2n) is 4.25. The van der Waals surface area contributed by atoms with Crippen molar-refractivity contribution in [2.75, 3.05) is 18.1 Å². The molecule has 1 saturated heterocycles. The first-order chi connectivity index (χ1) is 8.89. The van der Waals surface area contributed by atoms with Crippen molar-refractivity contribution in [3.8, 4) is 0 Å². The van der Waals surface area contributed by atoms with E-state index in [0.717, 1.165) is 0 Å². The Morgan fingerprint density at radius 1 is 1.53 bits per heavy atom. The molecule has 9 heteroatoms. The number of aliphatic carboxylic acids is 1. The number of carboxylic acids is 1. The molecule has 1 aromatic heterocycles. The number of sulfone groups is 1. The molecular weight excluding hydrogens is 276 g/mol. The van der Waals surface area contributed by atoms with Gasteiger partial charge < -0.3 is 14.5 Å². The molecule has 8 nitrogen and oxygen atoms in total.